The topological polar surface area (TPSA) is 391 Å². The van der Waals surface area contributed by atoms with Crippen LogP contribution in [0.1, 0.15) is 115 Å². The van der Waals surface area contributed by atoms with Gasteiger partial charge in [-0.05, 0) is 128 Å². The first-order chi connectivity index (χ1) is 48.3. The highest BCUT2D eigenvalue weighted by molar-refractivity contribution is 7.22. The third-order valence-corrected chi connectivity index (χ3v) is 20.8. The van der Waals surface area contributed by atoms with Crippen LogP contribution < -0.4 is 25.0 Å². The van der Waals surface area contributed by atoms with Crippen molar-refractivity contribution in [3.05, 3.63) is 125 Å². The molecule has 6 heterocycles. The Morgan fingerprint density at radius 1 is 0.782 bits per heavy atom. The highest BCUT2D eigenvalue weighted by Crippen LogP contribution is 2.72. The summed E-state index contributed by atoms with van der Waals surface area (Å²) in [6, 6.07) is 21.3. The fourth-order valence-electron chi connectivity index (χ4n) is 16.5. The molecule has 2 unspecified atom stereocenters. The van der Waals surface area contributed by atoms with Crippen molar-refractivity contribution in [3.63, 3.8) is 0 Å². The molecular formula is C71H81N9O20S. The number of thiazole rings is 1. The van der Waals surface area contributed by atoms with Crippen LogP contribution in [-0.4, -0.2) is 203 Å². The Morgan fingerprint density at radius 2 is 1.53 bits per heavy atom. The van der Waals surface area contributed by atoms with E-state index in [4.69, 9.17) is 38.5 Å². The van der Waals surface area contributed by atoms with Gasteiger partial charge in [0.1, 0.15) is 48.8 Å². The number of rotatable bonds is 30. The lowest BCUT2D eigenvalue weighted by molar-refractivity contribution is -0.271. The number of hydrogen-bond donors (Lipinski definition) is 8. The van der Waals surface area contributed by atoms with Crippen molar-refractivity contribution >= 4 is 80.1 Å². The lowest BCUT2D eigenvalue weighted by Gasteiger charge is -2.69. The number of amides is 5. The highest BCUT2D eigenvalue weighted by atomic mass is 32.1. The Balaban J connectivity index is 0.706. The van der Waals surface area contributed by atoms with Gasteiger partial charge in [0, 0.05) is 93.2 Å². The molecule has 8 N–H and O–H groups in total. The molecule has 4 aliphatic carbocycles. The summed E-state index contributed by atoms with van der Waals surface area (Å²) in [6.07, 6.45) is -1.56. The summed E-state index contributed by atoms with van der Waals surface area (Å²) in [4.78, 5) is 115. The summed E-state index contributed by atoms with van der Waals surface area (Å²) in [5, 5.41) is 73.2. The number of nitrogens with zero attached hydrogens (tertiary/aromatic N) is 7. The Hall–Kier alpha value is -9.43. The number of carboxylic acids is 3. The standard InChI is InChI=1S/C71H81N9O20S/c1-41-45(43-16-17-52(75-57(43)63(90)91)78-24-20-42-9-6-10-44(46(42)32-78)62(89)76-66-74-48-11-4-5-14-51(48)101-66)31-73-80(41)40-70-35-68(2)34-69(3,36-70)38-71(37-68,39-70)98-28-26-77(23-8-15-56(84)85)67(94)97-33-47-49(12-7-13-50(47)99-65-60(88)58(86)59(87)61(100-65)64(92)93)96-30-29-95-27-22-72-53(81)21-25-79-54(82)18-19-55(79)83/h4-7,9-14,16-19,31,58-61,65,86-88H,8,15,20-30,32-40H2,1-3H3,(H,72,81)(H,84,85)(H,90,91)(H,92,93)(H,74,76,89)/t58-,59-,60+,61-,65+,68?,69?,70?,71?/m0/s1. The van der Waals surface area contributed by atoms with Crippen LogP contribution in [0.25, 0.3) is 21.3 Å². The fraction of sp³-hybridized carbons (Fsp3) is 0.479. The van der Waals surface area contributed by atoms with Crippen molar-refractivity contribution < 1.29 is 97.4 Å². The number of aliphatic hydroxyl groups excluding tert-OH is 3. The van der Waals surface area contributed by atoms with E-state index in [2.05, 4.69) is 29.5 Å². The summed E-state index contributed by atoms with van der Waals surface area (Å²) in [7, 11) is 0. The first-order valence-electron chi connectivity index (χ1n) is 33.6. The van der Waals surface area contributed by atoms with E-state index >= 15 is 0 Å². The maximum absolute atomic E-state index is 14.4. The summed E-state index contributed by atoms with van der Waals surface area (Å²) in [5.41, 5.74) is 3.67. The van der Waals surface area contributed by atoms with Crippen molar-refractivity contribution in [1.82, 2.24) is 34.9 Å². The van der Waals surface area contributed by atoms with Crippen molar-refractivity contribution in [2.75, 3.05) is 69.4 Å². The predicted octanol–water partition coefficient (Wildman–Crippen LogP) is 6.11. The third-order valence-electron chi connectivity index (χ3n) is 19.8. The normalized spacial score (nSPS) is 24.9. The van der Waals surface area contributed by atoms with Crippen LogP contribution in [0.3, 0.4) is 0 Å². The lowest BCUT2D eigenvalue weighted by Crippen LogP contribution is -2.64. The minimum atomic E-state index is -2.02. The molecule has 6 aromatic rings. The summed E-state index contributed by atoms with van der Waals surface area (Å²) < 4.78 is 39.1. The average molecular weight is 1410 g/mol. The number of nitrogens with one attached hydrogen (secondary N) is 2. The molecule has 5 fully saturated rings. The minimum absolute atomic E-state index is 0.0104. The molecule has 4 saturated carbocycles. The number of aromatic nitrogens is 4. The van der Waals surface area contributed by atoms with Gasteiger partial charge in [0.15, 0.2) is 16.9 Å². The van der Waals surface area contributed by atoms with E-state index in [1.54, 1.807) is 18.3 Å². The van der Waals surface area contributed by atoms with Crippen LogP contribution in [0.5, 0.6) is 11.5 Å². The van der Waals surface area contributed by atoms with Crippen molar-refractivity contribution in [1.29, 1.82) is 0 Å². The second-order valence-electron chi connectivity index (χ2n) is 27.8. The summed E-state index contributed by atoms with van der Waals surface area (Å²) in [5.74, 6) is -5.23. The number of imide groups is 1. The van der Waals surface area contributed by atoms with E-state index in [9.17, 15) is 69.0 Å². The zero-order valence-electron chi connectivity index (χ0n) is 56.0. The number of aliphatic hydroxyl groups is 3. The number of carbonyl (C=O) groups excluding carboxylic acids is 5. The molecule has 7 atom stereocenters. The van der Waals surface area contributed by atoms with Gasteiger partial charge in [-0.1, -0.05) is 55.5 Å². The lowest BCUT2D eigenvalue weighted by atomic mass is 9.39. The quantitative estimate of drug-likeness (QED) is 0.0186. The Bertz CT molecular complexity index is 4150. The van der Waals surface area contributed by atoms with Crippen LogP contribution in [0.2, 0.25) is 0 Å². The maximum atomic E-state index is 14.4. The summed E-state index contributed by atoms with van der Waals surface area (Å²) in [6.45, 7) is 7.23. The van der Waals surface area contributed by atoms with E-state index in [1.165, 1.54) is 34.4 Å². The Morgan fingerprint density at radius 3 is 2.28 bits per heavy atom. The molecular weight excluding hydrogens is 1330 g/mol. The van der Waals surface area contributed by atoms with Crippen LogP contribution >= 0.6 is 11.3 Å². The minimum Gasteiger partial charge on any atom is -0.491 e. The van der Waals surface area contributed by atoms with E-state index in [0.29, 0.717) is 60.1 Å². The van der Waals surface area contributed by atoms with Gasteiger partial charge in [0.25, 0.3) is 17.7 Å². The van der Waals surface area contributed by atoms with Gasteiger partial charge in [-0.25, -0.2) is 24.4 Å². The molecule has 13 rings (SSSR count). The zero-order valence-corrected chi connectivity index (χ0v) is 56.9. The molecule has 536 valence electrons. The van der Waals surface area contributed by atoms with Gasteiger partial charge >= 0.3 is 24.0 Å². The molecule has 29 nitrogen and oxygen atoms in total. The molecule has 30 heteroatoms. The van der Waals surface area contributed by atoms with E-state index in [-0.39, 0.29) is 117 Å². The van der Waals surface area contributed by atoms with Gasteiger partial charge in [-0.3, -0.25) is 38.9 Å². The maximum Gasteiger partial charge on any atom is 0.410 e. The largest absolute Gasteiger partial charge is 0.491 e. The number of carboxylic acid groups (broad SMARTS) is 3. The number of anilines is 2. The van der Waals surface area contributed by atoms with Gasteiger partial charge in [-0.15, -0.1) is 0 Å². The molecule has 7 aliphatic rings. The number of aromatic carboxylic acids is 1. The zero-order chi connectivity index (χ0) is 71.5. The van der Waals surface area contributed by atoms with Gasteiger partial charge in [0.2, 0.25) is 12.2 Å². The number of benzene rings is 3. The molecule has 4 bridgehead atoms. The Labute approximate surface area is 583 Å². The second kappa shape index (κ2) is 29.6. The number of hydrogen-bond acceptors (Lipinski definition) is 22. The van der Waals surface area contributed by atoms with Crippen LogP contribution in [0, 0.1) is 23.2 Å². The molecule has 0 radical (unpaired) electrons. The van der Waals surface area contributed by atoms with E-state index in [1.807, 2.05) is 59.0 Å². The molecule has 0 spiro atoms. The molecule has 5 amide bonds. The number of aliphatic carboxylic acids is 2. The van der Waals surface area contributed by atoms with E-state index < -0.39 is 84.6 Å². The molecule has 101 heavy (non-hydrogen) atoms. The van der Waals surface area contributed by atoms with Crippen molar-refractivity contribution in [2.45, 2.75) is 141 Å². The third kappa shape index (κ3) is 15.9. The number of carbonyl (C=O) groups is 8. The molecule has 3 aromatic heterocycles. The van der Waals surface area contributed by atoms with Crippen LogP contribution in [0.15, 0.2) is 91.1 Å². The number of fused-ring (bicyclic) bond motifs is 2. The second-order valence-corrected chi connectivity index (χ2v) is 28.8. The van der Waals surface area contributed by atoms with Crippen LogP contribution in [-0.2, 0) is 69.0 Å². The van der Waals surface area contributed by atoms with Crippen LogP contribution in [0.4, 0.5) is 15.7 Å². The molecule has 1 saturated heterocycles. The monoisotopic (exact) mass is 1410 g/mol. The number of ether oxygens (including phenoxy) is 6. The highest BCUT2D eigenvalue weighted by Gasteiger charge is 2.66. The molecule has 3 aromatic carbocycles. The first kappa shape index (κ1) is 71.4. The van der Waals surface area contributed by atoms with Gasteiger partial charge < -0.3 is 74.2 Å². The number of para-hydroxylation sites is 1. The van der Waals surface area contributed by atoms with Crippen molar-refractivity contribution in [2.24, 2.45) is 16.2 Å². The first-order valence-corrected chi connectivity index (χ1v) is 34.4. The Kier molecular flexibility index (Phi) is 21.0. The predicted molar refractivity (Wildman–Crippen MR) is 361 cm³/mol. The molecule has 3 aliphatic heterocycles. The SMILES string of the molecule is Cc1c(-c2ccc(N3CCc4cccc(C(=O)Nc5nc6ccccc6s5)c4C3)nc2C(=O)O)cnn1CC12CC3(C)CC(C)(C1)CC(OCCN(CCCC(=O)O)C(=O)OCc1c(OCCOCCNC(=O)CCN4C(=O)C=CC4=O)cccc1O[C@@H]1O[C@H](C(=O)O)[C@@H](O)[C@H](O)[C@H]1O)(C3)C2. The summed E-state index contributed by atoms with van der Waals surface area (Å²) >= 11 is 1.39. The smallest absolute Gasteiger partial charge is 0.410 e. The average Bonchev–Trinajstić information content (AvgIpc) is 1.67. The number of pyridine rings is 1. The van der Waals surface area contributed by atoms with E-state index in [0.717, 1.165) is 76.2 Å². The van der Waals surface area contributed by atoms with Crippen molar-refractivity contribution in [3.8, 4) is 22.6 Å². The fourth-order valence-corrected chi connectivity index (χ4v) is 17.3. The van der Waals surface area contributed by atoms with Gasteiger partial charge in [0.05, 0.1) is 47.4 Å². The van der Waals surface area contributed by atoms with Gasteiger partial charge in [-0.2, -0.15) is 5.10 Å².